The number of benzene rings is 1. The molecule has 1 aromatic carbocycles. The number of hydrogen-bond donors (Lipinski definition) is 1. The minimum Gasteiger partial charge on any atom is -0.378 e. The summed E-state index contributed by atoms with van der Waals surface area (Å²) in [7, 11) is 4.04. The normalized spacial score (nSPS) is 11.9. The highest BCUT2D eigenvalue weighted by Crippen LogP contribution is 2.19. The topological polar surface area (TPSA) is 29.3 Å². The second-order valence-electron chi connectivity index (χ2n) is 3.84. The van der Waals surface area contributed by atoms with E-state index in [0.717, 1.165) is 18.4 Å². The SMILES string of the molecule is C#CCCC(N)c1ccc(N(C)C)cc1. The van der Waals surface area contributed by atoms with Gasteiger partial charge in [-0.3, -0.25) is 0 Å². The van der Waals surface area contributed by atoms with Crippen molar-refractivity contribution in [2.75, 3.05) is 19.0 Å². The fourth-order valence-corrected chi connectivity index (χ4v) is 1.43. The van der Waals surface area contributed by atoms with Crippen molar-refractivity contribution in [2.45, 2.75) is 18.9 Å². The Hall–Kier alpha value is -1.46. The molecule has 1 aromatic rings. The van der Waals surface area contributed by atoms with Crippen LogP contribution < -0.4 is 10.6 Å². The zero-order valence-electron chi connectivity index (χ0n) is 9.40. The van der Waals surface area contributed by atoms with Crippen LogP contribution in [0, 0.1) is 12.3 Å². The first-order valence-corrected chi connectivity index (χ1v) is 5.11. The molecule has 15 heavy (non-hydrogen) atoms. The average Bonchev–Trinajstić information content (AvgIpc) is 2.26. The molecule has 0 saturated carbocycles. The van der Waals surface area contributed by atoms with Crippen molar-refractivity contribution < 1.29 is 0 Å². The summed E-state index contributed by atoms with van der Waals surface area (Å²) in [6.45, 7) is 0. The van der Waals surface area contributed by atoms with E-state index < -0.39 is 0 Å². The van der Waals surface area contributed by atoms with E-state index in [1.165, 1.54) is 5.69 Å². The highest BCUT2D eigenvalue weighted by molar-refractivity contribution is 5.46. The van der Waals surface area contributed by atoms with Crippen LogP contribution in [0.5, 0.6) is 0 Å². The molecule has 0 spiro atoms. The molecule has 0 fully saturated rings. The van der Waals surface area contributed by atoms with Gasteiger partial charge in [-0.2, -0.15) is 0 Å². The van der Waals surface area contributed by atoms with Gasteiger partial charge in [0.15, 0.2) is 0 Å². The van der Waals surface area contributed by atoms with Gasteiger partial charge in [0.1, 0.15) is 0 Å². The van der Waals surface area contributed by atoms with Gasteiger partial charge in [0.25, 0.3) is 0 Å². The van der Waals surface area contributed by atoms with Gasteiger partial charge < -0.3 is 10.6 Å². The maximum Gasteiger partial charge on any atom is 0.0361 e. The quantitative estimate of drug-likeness (QED) is 0.758. The minimum absolute atomic E-state index is 0.0530. The zero-order valence-corrected chi connectivity index (χ0v) is 9.40. The summed E-state index contributed by atoms with van der Waals surface area (Å²) in [5.41, 5.74) is 8.33. The Morgan fingerprint density at radius 3 is 2.40 bits per heavy atom. The molecule has 2 N–H and O–H groups in total. The number of nitrogens with two attached hydrogens (primary N) is 1. The largest absolute Gasteiger partial charge is 0.378 e. The summed E-state index contributed by atoms with van der Waals surface area (Å²) < 4.78 is 0. The van der Waals surface area contributed by atoms with E-state index in [-0.39, 0.29) is 6.04 Å². The van der Waals surface area contributed by atoms with E-state index in [1.54, 1.807) is 0 Å². The number of hydrogen-bond acceptors (Lipinski definition) is 2. The average molecular weight is 202 g/mol. The number of nitrogens with zero attached hydrogens (tertiary/aromatic N) is 1. The lowest BCUT2D eigenvalue weighted by Crippen LogP contribution is -2.11. The van der Waals surface area contributed by atoms with Crippen LogP contribution in [-0.4, -0.2) is 14.1 Å². The molecule has 0 aliphatic rings. The number of terminal acetylenes is 1. The summed E-state index contributed by atoms with van der Waals surface area (Å²) in [6.07, 6.45) is 6.78. The first-order valence-electron chi connectivity index (χ1n) is 5.11. The lowest BCUT2D eigenvalue weighted by Gasteiger charge is -2.15. The molecule has 0 aliphatic carbocycles. The van der Waals surface area contributed by atoms with Crippen molar-refractivity contribution in [1.29, 1.82) is 0 Å². The fraction of sp³-hybridized carbons (Fsp3) is 0.385. The molecular weight excluding hydrogens is 184 g/mol. The van der Waals surface area contributed by atoms with E-state index in [0.29, 0.717) is 0 Å². The molecule has 1 unspecified atom stereocenters. The van der Waals surface area contributed by atoms with Gasteiger partial charge in [-0.05, 0) is 24.1 Å². The molecule has 0 heterocycles. The highest BCUT2D eigenvalue weighted by Gasteiger charge is 2.04. The number of rotatable bonds is 4. The first kappa shape index (κ1) is 11.6. The molecule has 0 bridgehead atoms. The molecular formula is C13H18N2. The fourth-order valence-electron chi connectivity index (χ4n) is 1.43. The molecule has 80 valence electrons. The van der Waals surface area contributed by atoms with Crippen LogP contribution in [0.25, 0.3) is 0 Å². The van der Waals surface area contributed by atoms with E-state index >= 15 is 0 Å². The van der Waals surface area contributed by atoms with Crippen molar-refractivity contribution in [1.82, 2.24) is 0 Å². The molecule has 0 radical (unpaired) electrons. The monoisotopic (exact) mass is 202 g/mol. The molecule has 0 aliphatic heterocycles. The third-order valence-corrected chi connectivity index (χ3v) is 2.44. The van der Waals surface area contributed by atoms with Crippen LogP contribution in [-0.2, 0) is 0 Å². The van der Waals surface area contributed by atoms with Crippen LogP contribution >= 0.6 is 0 Å². The summed E-state index contributed by atoms with van der Waals surface area (Å²) in [5, 5.41) is 0. The van der Waals surface area contributed by atoms with Crippen LogP contribution in [0.2, 0.25) is 0 Å². The number of anilines is 1. The highest BCUT2D eigenvalue weighted by atomic mass is 15.1. The van der Waals surface area contributed by atoms with Crippen molar-refractivity contribution in [3.63, 3.8) is 0 Å². The first-order chi connectivity index (χ1) is 7.15. The van der Waals surface area contributed by atoms with Gasteiger partial charge in [-0.15, -0.1) is 12.3 Å². The van der Waals surface area contributed by atoms with E-state index in [1.807, 2.05) is 14.1 Å². The molecule has 1 rings (SSSR count). The molecule has 0 amide bonds. The van der Waals surface area contributed by atoms with E-state index in [2.05, 4.69) is 35.1 Å². The Kier molecular flexibility index (Phi) is 4.20. The summed E-state index contributed by atoms with van der Waals surface area (Å²) in [5.74, 6) is 2.61. The van der Waals surface area contributed by atoms with Gasteiger partial charge in [-0.25, -0.2) is 0 Å². The Labute approximate surface area is 92.1 Å². The molecule has 0 saturated heterocycles. The van der Waals surface area contributed by atoms with E-state index in [4.69, 9.17) is 12.2 Å². The lowest BCUT2D eigenvalue weighted by molar-refractivity contribution is 0.668. The van der Waals surface area contributed by atoms with Crippen molar-refractivity contribution in [3.8, 4) is 12.3 Å². The Bertz CT molecular complexity index is 333. The molecule has 2 heteroatoms. The summed E-state index contributed by atoms with van der Waals surface area (Å²) >= 11 is 0. The van der Waals surface area contributed by atoms with Crippen LogP contribution in [0.4, 0.5) is 5.69 Å². The van der Waals surface area contributed by atoms with E-state index in [9.17, 15) is 0 Å². The third kappa shape index (κ3) is 3.30. The standard InChI is InChI=1S/C13H18N2/c1-4-5-6-13(14)11-7-9-12(10-8-11)15(2)3/h1,7-10,13H,5-6,14H2,2-3H3. The third-order valence-electron chi connectivity index (χ3n) is 2.44. The second kappa shape index (κ2) is 5.43. The molecule has 1 atom stereocenters. The molecule has 2 nitrogen and oxygen atoms in total. The second-order valence-corrected chi connectivity index (χ2v) is 3.84. The van der Waals surface area contributed by atoms with Crippen molar-refractivity contribution in [2.24, 2.45) is 5.73 Å². The Balaban J connectivity index is 2.67. The predicted octanol–water partition coefficient (Wildman–Crippen LogP) is 2.17. The van der Waals surface area contributed by atoms with Crippen LogP contribution in [0.1, 0.15) is 24.4 Å². The van der Waals surface area contributed by atoms with Gasteiger partial charge >= 0.3 is 0 Å². The lowest BCUT2D eigenvalue weighted by atomic mass is 10.0. The predicted molar refractivity (Wildman–Crippen MR) is 65.8 cm³/mol. The van der Waals surface area contributed by atoms with Gasteiger partial charge in [-0.1, -0.05) is 12.1 Å². The minimum atomic E-state index is 0.0530. The van der Waals surface area contributed by atoms with Crippen LogP contribution in [0.3, 0.4) is 0 Å². The Morgan fingerprint density at radius 1 is 1.33 bits per heavy atom. The van der Waals surface area contributed by atoms with Crippen molar-refractivity contribution in [3.05, 3.63) is 29.8 Å². The van der Waals surface area contributed by atoms with Gasteiger partial charge in [0, 0.05) is 32.2 Å². The van der Waals surface area contributed by atoms with Gasteiger partial charge in [0.05, 0.1) is 0 Å². The maximum absolute atomic E-state index is 6.00. The summed E-state index contributed by atoms with van der Waals surface area (Å²) in [6, 6.07) is 8.33. The maximum atomic E-state index is 6.00. The Morgan fingerprint density at radius 2 is 1.93 bits per heavy atom. The smallest absolute Gasteiger partial charge is 0.0361 e. The van der Waals surface area contributed by atoms with Crippen molar-refractivity contribution >= 4 is 5.69 Å². The van der Waals surface area contributed by atoms with Gasteiger partial charge in [0.2, 0.25) is 0 Å². The molecule has 0 aromatic heterocycles. The summed E-state index contributed by atoms with van der Waals surface area (Å²) in [4.78, 5) is 2.07. The zero-order chi connectivity index (χ0) is 11.3. The van der Waals surface area contributed by atoms with Crippen LogP contribution in [0.15, 0.2) is 24.3 Å².